The highest BCUT2D eigenvalue weighted by molar-refractivity contribution is 6.27. The molecule has 0 saturated heterocycles. The Hall–Kier alpha value is -2.55. The molecular weight excluding hydrogens is 280 g/mol. The zero-order valence-corrected chi connectivity index (χ0v) is 12.5. The van der Waals surface area contributed by atoms with Crippen LogP contribution >= 0.6 is 0 Å². The van der Waals surface area contributed by atoms with Crippen molar-refractivity contribution in [3.05, 3.63) is 29.2 Å². The Bertz CT molecular complexity index is 730. The molecule has 6 nitrogen and oxygen atoms in total. The number of nitriles is 1. The predicted molar refractivity (Wildman–Crippen MR) is 78.2 cm³/mol. The molecule has 2 aliphatic rings. The van der Waals surface area contributed by atoms with Gasteiger partial charge in [-0.2, -0.15) is 5.26 Å². The van der Waals surface area contributed by atoms with Crippen LogP contribution in [0.3, 0.4) is 0 Å². The lowest BCUT2D eigenvalue weighted by molar-refractivity contribution is -0.125. The number of Topliss-reactive ketones (excluding diaryl/α,β-unsaturated/α-hetero) is 1. The summed E-state index contributed by atoms with van der Waals surface area (Å²) >= 11 is 0. The van der Waals surface area contributed by atoms with E-state index in [0.29, 0.717) is 34.7 Å². The van der Waals surface area contributed by atoms with Gasteiger partial charge in [-0.05, 0) is 35.8 Å². The molecule has 3 rings (SSSR count). The summed E-state index contributed by atoms with van der Waals surface area (Å²) in [5.41, 5.74) is 1.95. The van der Waals surface area contributed by atoms with Crippen LogP contribution in [0, 0.1) is 23.2 Å². The normalized spacial score (nSPS) is 23.8. The zero-order chi connectivity index (χ0) is 15.9. The van der Waals surface area contributed by atoms with Crippen LogP contribution in [-0.4, -0.2) is 21.9 Å². The van der Waals surface area contributed by atoms with Crippen LogP contribution in [0.4, 0.5) is 0 Å². The largest absolute Gasteiger partial charge is 0.331 e. The second-order valence-corrected chi connectivity index (χ2v) is 6.12. The maximum Gasteiger partial charge on any atom is 0.231 e. The smallest absolute Gasteiger partial charge is 0.231 e. The lowest BCUT2D eigenvalue weighted by atomic mass is 9.98. The Morgan fingerprint density at radius 3 is 2.73 bits per heavy atom. The number of amides is 1. The van der Waals surface area contributed by atoms with E-state index in [-0.39, 0.29) is 18.1 Å². The molecule has 112 valence electrons. The molecule has 1 amide bonds. The monoisotopic (exact) mass is 296 g/mol. The fourth-order valence-corrected chi connectivity index (χ4v) is 2.96. The third-order valence-corrected chi connectivity index (χ3v) is 4.30. The van der Waals surface area contributed by atoms with Gasteiger partial charge in [0.1, 0.15) is 6.07 Å². The topological polar surface area (TPSA) is 95.7 Å². The Morgan fingerprint density at radius 1 is 1.36 bits per heavy atom. The van der Waals surface area contributed by atoms with Crippen LogP contribution in [0.25, 0.3) is 5.57 Å². The lowest BCUT2D eigenvalue weighted by Crippen LogP contribution is -2.27. The van der Waals surface area contributed by atoms with Crippen molar-refractivity contribution in [1.82, 2.24) is 15.5 Å². The van der Waals surface area contributed by atoms with E-state index in [4.69, 9.17) is 0 Å². The Balaban J connectivity index is 1.97. The number of hydrogen-bond donors (Lipinski definition) is 1. The van der Waals surface area contributed by atoms with Crippen molar-refractivity contribution in [2.24, 2.45) is 11.8 Å². The van der Waals surface area contributed by atoms with Crippen molar-refractivity contribution < 1.29 is 9.59 Å². The van der Waals surface area contributed by atoms with Gasteiger partial charge in [0.2, 0.25) is 5.91 Å². The quantitative estimate of drug-likeness (QED) is 0.853. The van der Waals surface area contributed by atoms with E-state index in [1.54, 1.807) is 6.07 Å². The Labute approximate surface area is 128 Å². The first-order chi connectivity index (χ1) is 10.5. The standard InChI is InChI=1S/C16H16N4O2/c1-8(2)9-3-10(9)11-4-13(19-20-14(11)6-17)12-7-18-16(22)5-15(12)21/h4,7-10H,3,5H2,1-2H3,(H,18,22)/t9-,10+/m1/s1. The minimum atomic E-state index is -0.322. The molecule has 1 fully saturated rings. The maximum absolute atomic E-state index is 12.0. The van der Waals surface area contributed by atoms with E-state index in [9.17, 15) is 14.9 Å². The fraction of sp³-hybridized carbons (Fsp3) is 0.438. The molecular formula is C16H16N4O2. The molecule has 0 bridgehead atoms. The van der Waals surface area contributed by atoms with Gasteiger partial charge in [0, 0.05) is 6.20 Å². The Morgan fingerprint density at radius 2 is 2.14 bits per heavy atom. The molecule has 22 heavy (non-hydrogen) atoms. The predicted octanol–water partition coefficient (Wildman–Crippen LogP) is 1.54. The summed E-state index contributed by atoms with van der Waals surface area (Å²) in [6.45, 7) is 4.32. The van der Waals surface area contributed by atoms with Crippen molar-refractivity contribution in [3.8, 4) is 6.07 Å². The average Bonchev–Trinajstić information content (AvgIpc) is 3.27. The number of nitrogens with one attached hydrogen (secondary N) is 1. The average molecular weight is 296 g/mol. The van der Waals surface area contributed by atoms with Crippen LogP contribution in [0.5, 0.6) is 0 Å². The molecule has 0 spiro atoms. The summed E-state index contributed by atoms with van der Waals surface area (Å²) in [6, 6.07) is 3.85. The van der Waals surface area contributed by atoms with Crippen LogP contribution in [0.15, 0.2) is 12.3 Å². The molecule has 1 N–H and O–H groups in total. The number of carbonyl (C=O) groups excluding carboxylic acids is 2. The first-order valence-electron chi connectivity index (χ1n) is 7.32. The third kappa shape index (κ3) is 2.50. The van der Waals surface area contributed by atoms with Gasteiger partial charge in [-0.25, -0.2) is 0 Å². The molecule has 0 aromatic carbocycles. The summed E-state index contributed by atoms with van der Waals surface area (Å²) in [6.07, 6.45) is 2.23. The van der Waals surface area contributed by atoms with Gasteiger partial charge in [0.05, 0.1) is 17.7 Å². The van der Waals surface area contributed by atoms with E-state index in [1.165, 1.54) is 6.20 Å². The van der Waals surface area contributed by atoms with Gasteiger partial charge in [-0.15, -0.1) is 10.2 Å². The van der Waals surface area contributed by atoms with Gasteiger partial charge >= 0.3 is 0 Å². The van der Waals surface area contributed by atoms with Gasteiger partial charge in [0.15, 0.2) is 11.5 Å². The third-order valence-electron chi connectivity index (χ3n) is 4.30. The molecule has 1 aromatic heterocycles. The fourth-order valence-electron chi connectivity index (χ4n) is 2.96. The highest BCUT2D eigenvalue weighted by Crippen LogP contribution is 2.52. The SMILES string of the molecule is CC(C)[C@H]1C[C@@H]1c1cc(C2=CNC(=O)CC2=O)nnc1C#N. The lowest BCUT2D eigenvalue weighted by Gasteiger charge is -2.12. The van der Waals surface area contributed by atoms with Crippen molar-refractivity contribution in [3.63, 3.8) is 0 Å². The zero-order valence-electron chi connectivity index (χ0n) is 12.5. The van der Waals surface area contributed by atoms with Crippen LogP contribution in [0.2, 0.25) is 0 Å². The van der Waals surface area contributed by atoms with E-state index in [2.05, 4.69) is 35.4 Å². The van der Waals surface area contributed by atoms with E-state index in [1.807, 2.05) is 0 Å². The second-order valence-electron chi connectivity index (χ2n) is 6.12. The van der Waals surface area contributed by atoms with Gasteiger partial charge in [0.25, 0.3) is 0 Å². The minimum absolute atomic E-state index is 0.180. The molecule has 2 atom stereocenters. The Kier molecular flexibility index (Phi) is 3.49. The van der Waals surface area contributed by atoms with Crippen molar-refractivity contribution in [2.45, 2.75) is 32.6 Å². The number of nitrogens with zero attached hydrogens (tertiary/aromatic N) is 3. The van der Waals surface area contributed by atoms with Gasteiger partial charge in [-0.1, -0.05) is 13.8 Å². The molecule has 6 heteroatoms. The number of aromatic nitrogens is 2. The first-order valence-corrected chi connectivity index (χ1v) is 7.32. The van der Waals surface area contributed by atoms with Gasteiger partial charge in [-0.3, -0.25) is 9.59 Å². The van der Waals surface area contributed by atoms with E-state index >= 15 is 0 Å². The second kappa shape index (κ2) is 5.34. The van der Waals surface area contributed by atoms with E-state index in [0.717, 1.165) is 12.0 Å². The number of rotatable bonds is 3. The summed E-state index contributed by atoms with van der Waals surface area (Å²) in [5, 5.41) is 19.7. The van der Waals surface area contributed by atoms with Crippen molar-refractivity contribution in [1.29, 1.82) is 5.26 Å². The highest BCUT2D eigenvalue weighted by atomic mass is 16.2. The van der Waals surface area contributed by atoms with Crippen LogP contribution in [0.1, 0.15) is 49.6 Å². The van der Waals surface area contributed by atoms with E-state index < -0.39 is 0 Å². The van der Waals surface area contributed by atoms with Crippen molar-refractivity contribution in [2.75, 3.05) is 0 Å². The number of carbonyl (C=O) groups is 2. The molecule has 1 saturated carbocycles. The molecule has 1 aliphatic carbocycles. The summed E-state index contributed by atoms with van der Waals surface area (Å²) in [5.74, 6) is 0.795. The number of allylic oxidation sites excluding steroid dienone is 1. The minimum Gasteiger partial charge on any atom is -0.331 e. The van der Waals surface area contributed by atoms with Crippen LogP contribution in [-0.2, 0) is 9.59 Å². The molecule has 1 aromatic rings. The number of ketones is 1. The summed E-state index contributed by atoms with van der Waals surface area (Å²) in [4.78, 5) is 23.2. The van der Waals surface area contributed by atoms with Crippen molar-refractivity contribution >= 4 is 17.3 Å². The molecule has 1 aliphatic heterocycles. The summed E-state index contributed by atoms with van der Waals surface area (Å²) < 4.78 is 0. The molecule has 0 unspecified atom stereocenters. The number of hydrogen-bond acceptors (Lipinski definition) is 5. The first kappa shape index (κ1) is 14.4. The molecule has 0 radical (unpaired) electrons. The molecule has 2 heterocycles. The van der Waals surface area contributed by atoms with Crippen LogP contribution < -0.4 is 5.32 Å². The summed E-state index contributed by atoms with van der Waals surface area (Å²) in [7, 11) is 0. The van der Waals surface area contributed by atoms with Gasteiger partial charge < -0.3 is 5.32 Å². The maximum atomic E-state index is 12.0. The highest BCUT2D eigenvalue weighted by Gasteiger charge is 2.42.